The van der Waals surface area contributed by atoms with Crippen molar-refractivity contribution >= 4 is 35.0 Å². The molecule has 9 nitrogen and oxygen atoms in total. The summed E-state index contributed by atoms with van der Waals surface area (Å²) >= 11 is 0. The number of aliphatic hydroxyl groups is 1. The van der Waals surface area contributed by atoms with Crippen molar-refractivity contribution in [1.29, 1.82) is 0 Å². The summed E-state index contributed by atoms with van der Waals surface area (Å²) in [5.41, 5.74) is -0.0876. The molecule has 1 amide bonds. The molecule has 3 heterocycles. The van der Waals surface area contributed by atoms with Crippen molar-refractivity contribution in [2.45, 2.75) is 43.9 Å². The number of anilines is 1. The summed E-state index contributed by atoms with van der Waals surface area (Å²) in [5.74, 6) is 0.376. The Morgan fingerprint density at radius 1 is 1.19 bits per heavy atom. The average Bonchev–Trinajstić information content (AvgIpc) is 2.89. The van der Waals surface area contributed by atoms with E-state index in [2.05, 4.69) is 20.6 Å². The predicted octanol–water partition coefficient (Wildman–Crippen LogP) is 3.37. The van der Waals surface area contributed by atoms with Gasteiger partial charge in [-0.1, -0.05) is 6.07 Å². The highest BCUT2D eigenvalue weighted by atomic mass is 35.5. The van der Waals surface area contributed by atoms with Gasteiger partial charge >= 0.3 is 0 Å². The van der Waals surface area contributed by atoms with Gasteiger partial charge in [0.05, 0.1) is 18.8 Å². The quantitative estimate of drug-likeness (QED) is 0.455. The highest BCUT2D eigenvalue weighted by molar-refractivity contribution is 6.03. The van der Waals surface area contributed by atoms with Crippen LogP contribution in [-0.2, 0) is 11.3 Å². The van der Waals surface area contributed by atoms with E-state index >= 15 is 0 Å². The second-order valence-electron chi connectivity index (χ2n) is 8.82. The molecule has 1 aliphatic carbocycles. The van der Waals surface area contributed by atoms with Gasteiger partial charge in [-0.3, -0.25) is 9.78 Å². The molecule has 3 N–H and O–H groups in total. The zero-order valence-electron chi connectivity index (χ0n) is 19.8. The van der Waals surface area contributed by atoms with Gasteiger partial charge in [-0.2, -0.15) is 0 Å². The summed E-state index contributed by atoms with van der Waals surface area (Å²) in [6.07, 6.45) is 2.72. The zero-order chi connectivity index (χ0) is 24.4. The SMILES string of the molecule is COc1ccc2ncc(F)c(NC(=O)C3(O)CCC(NCc4ccc5c(c4)OCCO5)CC3)c2n1.Cl. The maximum Gasteiger partial charge on any atom is 0.256 e. The van der Waals surface area contributed by atoms with Crippen LogP contribution in [0.3, 0.4) is 0 Å². The van der Waals surface area contributed by atoms with Gasteiger partial charge in [-0.25, -0.2) is 9.37 Å². The van der Waals surface area contributed by atoms with Crippen molar-refractivity contribution in [2.75, 3.05) is 25.6 Å². The van der Waals surface area contributed by atoms with E-state index < -0.39 is 17.3 Å². The van der Waals surface area contributed by atoms with E-state index in [4.69, 9.17) is 14.2 Å². The van der Waals surface area contributed by atoms with Crippen LogP contribution in [0.5, 0.6) is 17.4 Å². The lowest BCUT2D eigenvalue weighted by Gasteiger charge is -2.35. The smallest absolute Gasteiger partial charge is 0.256 e. The molecule has 36 heavy (non-hydrogen) atoms. The van der Waals surface area contributed by atoms with E-state index in [1.165, 1.54) is 7.11 Å². The molecule has 0 atom stereocenters. The minimum absolute atomic E-state index is 0. The number of nitrogens with one attached hydrogen (secondary N) is 2. The van der Waals surface area contributed by atoms with Gasteiger partial charge in [0, 0.05) is 18.7 Å². The zero-order valence-corrected chi connectivity index (χ0v) is 20.6. The molecule has 0 unspecified atom stereocenters. The number of aromatic nitrogens is 2. The van der Waals surface area contributed by atoms with E-state index in [1.807, 2.05) is 18.2 Å². The topological polar surface area (TPSA) is 115 Å². The third-order valence-corrected chi connectivity index (χ3v) is 6.53. The molecule has 0 bridgehead atoms. The van der Waals surface area contributed by atoms with Gasteiger partial charge < -0.3 is 30.0 Å². The van der Waals surface area contributed by atoms with Gasteiger partial charge in [0.15, 0.2) is 17.3 Å². The predicted molar refractivity (Wildman–Crippen MR) is 133 cm³/mol. The van der Waals surface area contributed by atoms with Crippen LogP contribution in [0.2, 0.25) is 0 Å². The number of nitrogens with zero attached hydrogens (tertiary/aromatic N) is 2. The Kier molecular flexibility index (Phi) is 7.77. The number of halogens is 2. The van der Waals surface area contributed by atoms with Crippen LogP contribution in [0.1, 0.15) is 31.2 Å². The fraction of sp³-hybridized carbons (Fsp3) is 0.400. The van der Waals surface area contributed by atoms with Crippen LogP contribution in [0, 0.1) is 5.82 Å². The van der Waals surface area contributed by atoms with Crippen LogP contribution in [0.15, 0.2) is 36.5 Å². The Labute approximate surface area is 213 Å². The number of benzene rings is 1. The summed E-state index contributed by atoms with van der Waals surface area (Å²) in [5, 5.41) is 17.1. The monoisotopic (exact) mass is 518 g/mol. The summed E-state index contributed by atoms with van der Waals surface area (Å²) in [4.78, 5) is 21.2. The minimum atomic E-state index is -1.60. The largest absolute Gasteiger partial charge is 0.486 e. The first kappa shape index (κ1) is 25.9. The van der Waals surface area contributed by atoms with Crippen molar-refractivity contribution in [1.82, 2.24) is 15.3 Å². The number of fused-ring (bicyclic) bond motifs is 2. The fourth-order valence-corrected chi connectivity index (χ4v) is 4.47. The molecule has 2 aromatic heterocycles. The summed E-state index contributed by atoms with van der Waals surface area (Å²) in [6, 6.07) is 9.23. The molecular weight excluding hydrogens is 491 g/mol. The van der Waals surface area contributed by atoms with Crippen LogP contribution < -0.4 is 24.8 Å². The molecule has 1 saturated carbocycles. The number of hydrogen-bond acceptors (Lipinski definition) is 8. The first-order chi connectivity index (χ1) is 16.9. The Morgan fingerprint density at radius 3 is 2.69 bits per heavy atom. The van der Waals surface area contributed by atoms with Crippen LogP contribution in [0.4, 0.5) is 10.1 Å². The Hall–Kier alpha value is -3.21. The summed E-state index contributed by atoms with van der Waals surface area (Å²) in [7, 11) is 1.45. The lowest BCUT2D eigenvalue weighted by Crippen LogP contribution is -2.49. The number of hydrogen-bond donors (Lipinski definition) is 3. The van der Waals surface area contributed by atoms with Crippen LogP contribution >= 0.6 is 12.4 Å². The molecule has 0 saturated heterocycles. The number of methoxy groups -OCH3 is 1. The third kappa shape index (κ3) is 5.30. The van der Waals surface area contributed by atoms with E-state index in [1.54, 1.807) is 12.1 Å². The van der Waals surface area contributed by atoms with Crippen molar-refractivity contribution < 1.29 is 28.5 Å². The minimum Gasteiger partial charge on any atom is -0.486 e. The van der Waals surface area contributed by atoms with Crippen LogP contribution in [-0.4, -0.2) is 52.9 Å². The van der Waals surface area contributed by atoms with Crippen molar-refractivity contribution in [3.8, 4) is 17.4 Å². The maximum atomic E-state index is 14.6. The van der Waals surface area contributed by atoms with Crippen LogP contribution in [0.25, 0.3) is 11.0 Å². The summed E-state index contributed by atoms with van der Waals surface area (Å²) in [6.45, 7) is 1.72. The molecule has 5 rings (SSSR count). The number of rotatable bonds is 6. The number of ether oxygens (including phenoxy) is 3. The summed E-state index contributed by atoms with van der Waals surface area (Å²) < 4.78 is 30.9. The first-order valence-corrected chi connectivity index (χ1v) is 11.6. The molecule has 192 valence electrons. The molecule has 0 radical (unpaired) electrons. The number of carbonyl (C=O) groups excluding carboxylic acids is 1. The molecule has 0 spiro atoms. The lowest BCUT2D eigenvalue weighted by molar-refractivity contribution is -0.137. The molecule has 1 aromatic carbocycles. The lowest BCUT2D eigenvalue weighted by atomic mass is 9.81. The maximum absolute atomic E-state index is 14.6. The van der Waals surface area contributed by atoms with E-state index in [-0.39, 0.29) is 48.4 Å². The molecule has 1 fully saturated rings. The molecule has 11 heteroatoms. The molecule has 2 aliphatic rings. The number of pyridine rings is 2. The van der Waals surface area contributed by atoms with Crippen molar-refractivity contribution in [2.24, 2.45) is 0 Å². The second-order valence-corrected chi connectivity index (χ2v) is 8.82. The van der Waals surface area contributed by atoms with E-state index in [0.717, 1.165) is 23.3 Å². The van der Waals surface area contributed by atoms with Gasteiger partial charge in [0.2, 0.25) is 5.88 Å². The highest BCUT2D eigenvalue weighted by Crippen LogP contribution is 2.33. The third-order valence-electron chi connectivity index (χ3n) is 6.53. The molecular formula is C25H28ClFN4O5. The van der Waals surface area contributed by atoms with Gasteiger partial charge in [-0.05, 0) is 49.4 Å². The standard InChI is InChI=1S/C25H27FN4O5.ClH/c1-33-21-5-3-18-23(29-21)22(17(26)14-28-18)30-24(31)25(32)8-6-16(7-9-25)27-13-15-2-4-19-20(12-15)35-11-10-34-19;/h2-5,12,14,16,27,32H,6-11,13H2,1H3,(H,28,30,31);1H. The van der Waals surface area contributed by atoms with Gasteiger partial charge in [0.25, 0.3) is 5.91 Å². The fourth-order valence-electron chi connectivity index (χ4n) is 4.47. The van der Waals surface area contributed by atoms with Crippen molar-refractivity contribution in [3.05, 3.63) is 47.9 Å². The van der Waals surface area contributed by atoms with Crippen molar-refractivity contribution in [3.63, 3.8) is 0 Å². The number of amides is 1. The Balaban J connectivity index is 0.00000304. The normalized spacial score (nSPS) is 20.9. The second kappa shape index (κ2) is 10.8. The molecule has 1 aliphatic heterocycles. The molecule has 3 aromatic rings. The van der Waals surface area contributed by atoms with E-state index in [9.17, 15) is 14.3 Å². The number of carbonyl (C=O) groups is 1. The Morgan fingerprint density at radius 2 is 1.94 bits per heavy atom. The van der Waals surface area contributed by atoms with E-state index in [0.29, 0.717) is 38.1 Å². The van der Waals surface area contributed by atoms with Gasteiger partial charge in [0.1, 0.15) is 30.0 Å². The first-order valence-electron chi connectivity index (χ1n) is 11.6. The highest BCUT2D eigenvalue weighted by Gasteiger charge is 2.40. The Bertz CT molecular complexity index is 1250. The van der Waals surface area contributed by atoms with Gasteiger partial charge in [-0.15, -0.1) is 12.4 Å². The average molecular weight is 519 g/mol.